The third-order valence-electron chi connectivity index (χ3n) is 2.38. The van der Waals surface area contributed by atoms with Crippen LogP contribution < -0.4 is 10.5 Å². The number of nitrogens with two attached hydrogens (primary N) is 1. The Morgan fingerprint density at radius 2 is 2.24 bits per heavy atom. The normalized spacial score (nSPS) is 10.5. The minimum absolute atomic E-state index is 0.123. The molecule has 0 spiro atoms. The summed E-state index contributed by atoms with van der Waals surface area (Å²) in [7, 11) is 1.53. The van der Waals surface area contributed by atoms with Crippen molar-refractivity contribution in [2.45, 2.75) is 6.92 Å². The quantitative estimate of drug-likeness (QED) is 0.652. The van der Waals surface area contributed by atoms with Crippen LogP contribution in [-0.2, 0) is 4.74 Å². The first-order valence-electron chi connectivity index (χ1n) is 5.20. The summed E-state index contributed by atoms with van der Waals surface area (Å²) in [6.45, 7) is 2.03. The van der Waals surface area contributed by atoms with Gasteiger partial charge in [0.05, 0.1) is 13.7 Å². The number of benzene rings is 1. The van der Waals surface area contributed by atoms with Crippen LogP contribution in [0.1, 0.15) is 17.5 Å². The van der Waals surface area contributed by atoms with Crippen molar-refractivity contribution in [3.05, 3.63) is 24.0 Å². The van der Waals surface area contributed by atoms with E-state index in [0.717, 1.165) is 0 Å². The Labute approximate surface area is 98.1 Å². The largest absolute Gasteiger partial charge is 0.493 e. The molecule has 17 heavy (non-hydrogen) atoms. The van der Waals surface area contributed by atoms with Gasteiger partial charge in [0.15, 0.2) is 11.3 Å². The van der Waals surface area contributed by atoms with E-state index in [-0.39, 0.29) is 5.76 Å². The number of nitrogen functional groups attached to an aromatic ring is 1. The molecule has 90 valence electrons. The number of carbonyl (C=O) groups excluding carboxylic acids is 1. The lowest BCUT2D eigenvalue weighted by Crippen LogP contribution is -2.02. The van der Waals surface area contributed by atoms with Gasteiger partial charge in [-0.05, 0) is 19.1 Å². The third kappa shape index (κ3) is 1.91. The summed E-state index contributed by atoms with van der Waals surface area (Å²) in [5.41, 5.74) is 6.78. The predicted octanol–water partition coefficient (Wildman–Crippen LogP) is 2.20. The molecule has 0 aliphatic rings. The lowest BCUT2D eigenvalue weighted by molar-refractivity contribution is 0.0492. The fourth-order valence-corrected chi connectivity index (χ4v) is 1.58. The SMILES string of the molecule is CCOC(=O)c1cc2c(N)ccc(OC)c2o1. The lowest BCUT2D eigenvalue weighted by Gasteiger charge is -2.01. The average Bonchev–Trinajstić information content (AvgIpc) is 2.76. The van der Waals surface area contributed by atoms with Crippen LogP contribution in [0, 0.1) is 0 Å². The molecule has 1 heterocycles. The smallest absolute Gasteiger partial charge is 0.374 e. The number of esters is 1. The summed E-state index contributed by atoms with van der Waals surface area (Å²) < 4.78 is 15.4. The molecule has 2 aromatic rings. The summed E-state index contributed by atoms with van der Waals surface area (Å²) in [5, 5.41) is 0.646. The van der Waals surface area contributed by atoms with Crippen molar-refractivity contribution in [3.63, 3.8) is 0 Å². The van der Waals surface area contributed by atoms with Crippen molar-refractivity contribution >= 4 is 22.6 Å². The highest BCUT2D eigenvalue weighted by molar-refractivity contribution is 5.99. The van der Waals surface area contributed by atoms with Gasteiger partial charge in [-0.2, -0.15) is 0 Å². The van der Waals surface area contributed by atoms with Gasteiger partial charge in [-0.3, -0.25) is 0 Å². The summed E-state index contributed by atoms with van der Waals surface area (Å²) in [4.78, 5) is 11.5. The van der Waals surface area contributed by atoms with E-state index in [0.29, 0.717) is 29.0 Å². The molecular weight excluding hydrogens is 222 g/mol. The Kier molecular flexibility index (Phi) is 2.91. The van der Waals surface area contributed by atoms with Crippen LogP contribution in [0.4, 0.5) is 5.69 Å². The van der Waals surface area contributed by atoms with E-state index in [9.17, 15) is 4.79 Å². The molecule has 0 saturated heterocycles. The molecule has 2 N–H and O–H groups in total. The molecule has 0 bridgehead atoms. The highest BCUT2D eigenvalue weighted by atomic mass is 16.5. The first-order valence-corrected chi connectivity index (χ1v) is 5.20. The van der Waals surface area contributed by atoms with Crippen molar-refractivity contribution in [1.82, 2.24) is 0 Å². The lowest BCUT2D eigenvalue weighted by atomic mass is 10.2. The summed E-state index contributed by atoms with van der Waals surface area (Å²) in [5.74, 6) is 0.146. The Hall–Kier alpha value is -2.17. The molecule has 0 fully saturated rings. The van der Waals surface area contributed by atoms with E-state index >= 15 is 0 Å². The third-order valence-corrected chi connectivity index (χ3v) is 2.38. The maximum atomic E-state index is 11.5. The van der Waals surface area contributed by atoms with Crippen LogP contribution in [0.25, 0.3) is 11.0 Å². The monoisotopic (exact) mass is 235 g/mol. The van der Waals surface area contributed by atoms with Crippen LogP contribution in [0.3, 0.4) is 0 Å². The number of fused-ring (bicyclic) bond motifs is 1. The van der Waals surface area contributed by atoms with Crippen molar-refractivity contribution in [3.8, 4) is 5.75 Å². The zero-order valence-corrected chi connectivity index (χ0v) is 9.65. The Morgan fingerprint density at radius 1 is 1.47 bits per heavy atom. The molecule has 5 heteroatoms. The van der Waals surface area contributed by atoms with Crippen LogP contribution in [-0.4, -0.2) is 19.7 Å². The van der Waals surface area contributed by atoms with Gasteiger partial charge < -0.3 is 19.6 Å². The number of carbonyl (C=O) groups is 1. The molecular formula is C12H13NO4. The van der Waals surface area contributed by atoms with Gasteiger partial charge in [0.25, 0.3) is 0 Å². The van der Waals surface area contributed by atoms with Crippen molar-refractivity contribution < 1.29 is 18.7 Å². The van der Waals surface area contributed by atoms with Gasteiger partial charge in [-0.15, -0.1) is 0 Å². The topological polar surface area (TPSA) is 74.7 Å². The van der Waals surface area contributed by atoms with E-state index in [1.807, 2.05) is 0 Å². The molecule has 1 aromatic heterocycles. The molecule has 0 aliphatic carbocycles. The maximum Gasteiger partial charge on any atom is 0.374 e. The van der Waals surface area contributed by atoms with Crippen LogP contribution in [0.5, 0.6) is 5.75 Å². The second kappa shape index (κ2) is 4.37. The van der Waals surface area contributed by atoms with E-state index in [1.165, 1.54) is 7.11 Å². The van der Waals surface area contributed by atoms with Gasteiger partial charge >= 0.3 is 5.97 Å². The number of hydrogen-bond donors (Lipinski definition) is 1. The molecule has 1 aromatic carbocycles. The molecule has 0 saturated carbocycles. The second-order valence-electron chi connectivity index (χ2n) is 3.43. The number of hydrogen-bond acceptors (Lipinski definition) is 5. The number of anilines is 1. The molecule has 0 amide bonds. The van der Waals surface area contributed by atoms with E-state index in [2.05, 4.69) is 0 Å². The summed E-state index contributed by atoms with van der Waals surface area (Å²) >= 11 is 0. The Bertz CT molecular complexity index is 559. The number of rotatable bonds is 3. The molecule has 0 atom stereocenters. The zero-order valence-electron chi connectivity index (χ0n) is 9.65. The minimum atomic E-state index is -0.509. The fraction of sp³-hybridized carbons (Fsp3) is 0.250. The first kappa shape index (κ1) is 11.3. The average molecular weight is 235 g/mol. The van der Waals surface area contributed by atoms with Crippen molar-refractivity contribution in [2.24, 2.45) is 0 Å². The minimum Gasteiger partial charge on any atom is -0.493 e. The number of ether oxygens (including phenoxy) is 2. The highest BCUT2D eigenvalue weighted by Crippen LogP contribution is 2.32. The van der Waals surface area contributed by atoms with Gasteiger partial charge in [-0.25, -0.2) is 4.79 Å². The van der Waals surface area contributed by atoms with Crippen molar-refractivity contribution in [2.75, 3.05) is 19.5 Å². The van der Waals surface area contributed by atoms with Gasteiger partial charge in [0.2, 0.25) is 5.76 Å². The van der Waals surface area contributed by atoms with Crippen LogP contribution in [0.2, 0.25) is 0 Å². The number of methoxy groups -OCH3 is 1. The van der Waals surface area contributed by atoms with Gasteiger partial charge in [0, 0.05) is 17.1 Å². The Balaban J connectivity index is 2.56. The molecule has 0 radical (unpaired) electrons. The maximum absolute atomic E-state index is 11.5. The van der Waals surface area contributed by atoms with E-state index in [4.69, 9.17) is 19.6 Å². The van der Waals surface area contributed by atoms with E-state index < -0.39 is 5.97 Å². The van der Waals surface area contributed by atoms with Gasteiger partial charge in [-0.1, -0.05) is 0 Å². The molecule has 0 aliphatic heterocycles. The highest BCUT2D eigenvalue weighted by Gasteiger charge is 2.17. The fourth-order valence-electron chi connectivity index (χ4n) is 1.58. The van der Waals surface area contributed by atoms with Crippen molar-refractivity contribution in [1.29, 1.82) is 0 Å². The first-order chi connectivity index (χ1) is 8.17. The zero-order chi connectivity index (χ0) is 12.4. The second-order valence-corrected chi connectivity index (χ2v) is 3.43. The summed E-state index contributed by atoms with van der Waals surface area (Å²) in [6, 6.07) is 4.95. The number of furan rings is 1. The van der Waals surface area contributed by atoms with Gasteiger partial charge in [0.1, 0.15) is 0 Å². The van der Waals surface area contributed by atoms with E-state index in [1.54, 1.807) is 25.1 Å². The molecule has 2 rings (SSSR count). The van der Waals surface area contributed by atoms with Crippen LogP contribution >= 0.6 is 0 Å². The summed E-state index contributed by atoms with van der Waals surface area (Å²) in [6.07, 6.45) is 0. The molecule has 0 unspecified atom stereocenters. The standard InChI is InChI=1S/C12H13NO4/c1-3-16-12(14)10-6-7-8(13)4-5-9(15-2)11(7)17-10/h4-6H,3,13H2,1-2H3. The predicted molar refractivity (Wildman–Crippen MR) is 63.1 cm³/mol. The Morgan fingerprint density at radius 3 is 2.88 bits per heavy atom. The van der Waals surface area contributed by atoms with Crippen LogP contribution in [0.15, 0.2) is 22.6 Å². The molecule has 5 nitrogen and oxygen atoms in total.